The fraction of sp³-hybridized carbons (Fsp3) is 0.400. The van der Waals surface area contributed by atoms with E-state index in [-0.39, 0.29) is 0 Å². The van der Waals surface area contributed by atoms with Crippen LogP contribution in [0, 0.1) is 0 Å². The SMILES string of the molecule is CCCCCCc1ccc(-c2ccco2)cn1. The smallest absolute Gasteiger partial charge is 0.135 e. The molecule has 0 radical (unpaired) electrons. The molecule has 0 aliphatic rings. The van der Waals surface area contributed by atoms with Gasteiger partial charge < -0.3 is 4.42 Å². The maximum atomic E-state index is 5.33. The number of hydrogen-bond acceptors (Lipinski definition) is 2. The average Bonchev–Trinajstić information content (AvgIpc) is 2.89. The zero-order valence-electron chi connectivity index (χ0n) is 10.4. The van der Waals surface area contributed by atoms with E-state index in [0.717, 1.165) is 17.7 Å². The van der Waals surface area contributed by atoms with E-state index in [2.05, 4.69) is 24.0 Å². The minimum absolute atomic E-state index is 0.884. The van der Waals surface area contributed by atoms with Crippen LogP contribution in [0.25, 0.3) is 11.3 Å². The molecule has 90 valence electrons. The number of nitrogens with zero attached hydrogens (tertiary/aromatic N) is 1. The Bertz CT molecular complexity index is 417. The van der Waals surface area contributed by atoms with Gasteiger partial charge in [0.15, 0.2) is 0 Å². The highest BCUT2D eigenvalue weighted by atomic mass is 16.3. The molecule has 2 heteroatoms. The van der Waals surface area contributed by atoms with Crippen molar-refractivity contribution in [1.82, 2.24) is 4.98 Å². The second-order valence-electron chi connectivity index (χ2n) is 4.33. The van der Waals surface area contributed by atoms with Gasteiger partial charge in [-0.2, -0.15) is 0 Å². The first-order valence-corrected chi connectivity index (χ1v) is 6.39. The number of aromatic nitrogens is 1. The monoisotopic (exact) mass is 229 g/mol. The molecule has 17 heavy (non-hydrogen) atoms. The van der Waals surface area contributed by atoms with Crippen molar-refractivity contribution in [2.24, 2.45) is 0 Å². The fourth-order valence-corrected chi connectivity index (χ4v) is 1.89. The molecule has 2 aromatic rings. The number of aryl methyl sites for hydroxylation is 1. The van der Waals surface area contributed by atoms with Crippen LogP contribution >= 0.6 is 0 Å². The van der Waals surface area contributed by atoms with Gasteiger partial charge >= 0.3 is 0 Å². The highest BCUT2D eigenvalue weighted by Crippen LogP contribution is 2.19. The highest BCUT2D eigenvalue weighted by molar-refractivity contribution is 5.55. The van der Waals surface area contributed by atoms with Crippen molar-refractivity contribution >= 4 is 0 Å². The van der Waals surface area contributed by atoms with E-state index in [1.807, 2.05) is 18.3 Å². The van der Waals surface area contributed by atoms with Crippen LogP contribution in [0.2, 0.25) is 0 Å². The summed E-state index contributed by atoms with van der Waals surface area (Å²) in [6.07, 6.45) is 9.81. The lowest BCUT2D eigenvalue weighted by atomic mass is 10.1. The number of unbranched alkanes of at least 4 members (excludes halogenated alkanes) is 3. The Morgan fingerprint density at radius 2 is 2.06 bits per heavy atom. The summed E-state index contributed by atoms with van der Waals surface area (Å²) in [6.45, 7) is 2.23. The zero-order chi connectivity index (χ0) is 11.9. The van der Waals surface area contributed by atoms with Crippen LogP contribution in [0.4, 0.5) is 0 Å². The van der Waals surface area contributed by atoms with E-state index in [4.69, 9.17) is 4.42 Å². The summed E-state index contributed by atoms with van der Waals surface area (Å²) < 4.78 is 5.33. The summed E-state index contributed by atoms with van der Waals surface area (Å²) in [5.41, 5.74) is 2.23. The van der Waals surface area contributed by atoms with Crippen molar-refractivity contribution in [2.75, 3.05) is 0 Å². The molecule has 0 aromatic carbocycles. The highest BCUT2D eigenvalue weighted by Gasteiger charge is 2.01. The largest absolute Gasteiger partial charge is 0.464 e. The lowest BCUT2D eigenvalue weighted by Crippen LogP contribution is -1.90. The van der Waals surface area contributed by atoms with E-state index in [1.165, 1.54) is 31.4 Å². The summed E-state index contributed by atoms with van der Waals surface area (Å²) in [5.74, 6) is 0.884. The van der Waals surface area contributed by atoms with Crippen LogP contribution in [0.3, 0.4) is 0 Å². The lowest BCUT2D eigenvalue weighted by Gasteiger charge is -2.01. The van der Waals surface area contributed by atoms with Gasteiger partial charge in [0.2, 0.25) is 0 Å². The lowest BCUT2D eigenvalue weighted by molar-refractivity contribution is 0.582. The van der Waals surface area contributed by atoms with E-state index in [0.29, 0.717) is 0 Å². The van der Waals surface area contributed by atoms with Crippen LogP contribution in [0.5, 0.6) is 0 Å². The Balaban J connectivity index is 1.90. The summed E-state index contributed by atoms with van der Waals surface area (Å²) in [4.78, 5) is 4.47. The Morgan fingerprint density at radius 3 is 2.71 bits per heavy atom. The molecule has 0 N–H and O–H groups in total. The Morgan fingerprint density at radius 1 is 1.12 bits per heavy atom. The first-order chi connectivity index (χ1) is 8.40. The summed E-state index contributed by atoms with van der Waals surface area (Å²) in [7, 11) is 0. The molecule has 0 bridgehead atoms. The fourth-order valence-electron chi connectivity index (χ4n) is 1.89. The standard InChI is InChI=1S/C15H19NO/c1-2-3-4-5-7-14-10-9-13(12-16-14)15-8-6-11-17-15/h6,8-12H,2-5,7H2,1H3. The van der Waals surface area contributed by atoms with Gasteiger partial charge in [-0.3, -0.25) is 4.98 Å². The summed E-state index contributed by atoms with van der Waals surface area (Å²) >= 11 is 0. The maximum absolute atomic E-state index is 5.33. The molecular formula is C15H19NO. The van der Waals surface area contributed by atoms with Crippen molar-refractivity contribution in [2.45, 2.75) is 39.0 Å². The molecule has 0 aliphatic heterocycles. The van der Waals surface area contributed by atoms with E-state index >= 15 is 0 Å². The molecule has 0 saturated carbocycles. The molecular weight excluding hydrogens is 210 g/mol. The molecule has 2 heterocycles. The molecule has 0 saturated heterocycles. The van der Waals surface area contributed by atoms with Gasteiger partial charge in [0.25, 0.3) is 0 Å². The second-order valence-corrected chi connectivity index (χ2v) is 4.33. The molecule has 0 atom stereocenters. The third-order valence-electron chi connectivity index (χ3n) is 2.92. The third kappa shape index (κ3) is 3.45. The minimum Gasteiger partial charge on any atom is -0.464 e. The van der Waals surface area contributed by atoms with Crippen molar-refractivity contribution in [3.63, 3.8) is 0 Å². The predicted molar refractivity (Wildman–Crippen MR) is 69.8 cm³/mol. The number of rotatable bonds is 6. The first kappa shape index (κ1) is 11.9. The second kappa shape index (κ2) is 6.24. The van der Waals surface area contributed by atoms with Crippen molar-refractivity contribution in [3.05, 3.63) is 42.4 Å². The van der Waals surface area contributed by atoms with E-state index in [9.17, 15) is 0 Å². The molecule has 2 aromatic heterocycles. The van der Waals surface area contributed by atoms with Crippen molar-refractivity contribution in [1.29, 1.82) is 0 Å². The number of hydrogen-bond donors (Lipinski definition) is 0. The molecule has 2 nitrogen and oxygen atoms in total. The van der Waals surface area contributed by atoms with Gasteiger partial charge in [0, 0.05) is 17.5 Å². The zero-order valence-corrected chi connectivity index (χ0v) is 10.4. The Labute approximate surface area is 103 Å². The van der Waals surface area contributed by atoms with Gasteiger partial charge in [-0.15, -0.1) is 0 Å². The number of pyridine rings is 1. The average molecular weight is 229 g/mol. The third-order valence-corrected chi connectivity index (χ3v) is 2.92. The maximum Gasteiger partial charge on any atom is 0.135 e. The normalized spacial score (nSPS) is 10.6. The van der Waals surface area contributed by atoms with Gasteiger partial charge in [-0.05, 0) is 37.1 Å². The van der Waals surface area contributed by atoms with Crippen LogP contribution in [-0.4, -0.2) is 4.98 Å². The van der Waals surface area contributed by atoms with E-state index in [1.54, 1.807) is 6.26 Å². The van der Waals surface area contributed by atoms with Gasteiger partial charge in [0.05, 0.1) is 6.26 Å². The minimum atomic E-state index is 0.884. The topological polar surface area (TPSA) is 26.0 Å². The molecule has 0 fully saturated rings. The van der Waals surface area contributed by atoms with Gasteiger partial charge in [-0.25, -0.2) is 0 Å². The van der Waals surface area contributed by atoms with Crippen LogP contribution < -0.4 is 0 Å². The molecule has 2 rings (SSSR count). The summed E-state index contributed by atoms with van der Waals surface area (Å²) in [6, 6.07) is 8.04. The molecule has 0 aliphatic carbocycles. The van der Waals surface area contributed by atoms with Crippen molar-refractivity contribution < 1.29 is 4.42 Å². The first-order valence-electron chi connectivity index (χ1n) is 6.39. The molecule has 0 amide bonds. The van der Waals surface area contributed by atoms with Crippen LogP contribution in [0.1, 0.15) is 38.3 Å². The molecule has 0 spiro atoms. The Hall–Kier alpha value is -1.57. The molecule has 0 unspecified atom stereocenters. The predicted octanol–water partition coefficient (Wildman–Crippen LogP) is 4.46. The number of furan rings is 1. The van der Waals surface area contributed by atoms with Gasteiger partial charge in [-0.1, -0.05) is 26.2 Å². The van der Waals surface area contributed by atoms with Crippen LogP contribution in [-0.2, 0) is 6.42 Å². The Kier molecular flexibility index (Phi) is 4.37. The van der Waals surface area contributed by atoms with Crippen LogP contribution in [0.15, 0.2) is 41.1 Å². The van der Waals surface area contributed by atoms with Gasteiger partial charge in [0.1, 0.15) is 5.76 Å². The van der Waals surface area contributed by atoms with E-state index < -0.39 is 0 Å². The van der Waals surface area contributed by atoms with Crippen molar-refractivity contribution in [3.8, 4) is 11.3 Å². The summed E-state index contributed by atoms with van der Waals surface area (Å²) in [5, 5.41) is 0. The quantitative estimate of drug-likeness (QED) is 0.683.